The van der Waals surface area contributed by atoms with Gasteiger partial charge in [-0.05, 0) is 38.5 Å². The number of unbranched alkanes of at least 4 members (excludes halogenated alkanes) is 10. The van der Waals surface area contributed by atoms with Gasteiger partial charge >= 0.3 is 0 Å². The van der Waals surface area contributed by atoms with E-state index in [4.69, 9.17) is 19.3 Å². The summed E-state index contributed by atoms with van der Waals surface area (Å²) in [5.74, 6) is 0. The van der Waals surface area contributed by atoms with Gasteiger partial charge in [0.15, 0.2) is 0 Å². The van der Waals surface area contributed by atoms with Crippen LogP contribution in [0.2, 0.25) is 0 Å². The highest BCUT2D eigenvalue weighted by Crippen LogP contribution is 2.29. The summed E-state index contributed by atoms with van der Waals surface area (Å²) in [5.41, 5.74) is 0. The van der Waals surface area contributed by atoms with Gasteiger partial charge in [0.2, 0.25) is 0 Å². The molecular formula is C27H54O6. The standard InChI is InChI=1S/C27H54O6/c1-3-4-5-6-7-8-9-10-11-12-17-27-26(32-22-31-2)19-18-25(33-27)24(30)16-14-13-15-23(29)20-21-28/h23-30H,3-22H2,1-2H3/t23-,24+,25+,26+,27+/m0/s1. The van der Waals surface area contributed by atoms with E-state index in [-0.39, 0.29) is 31.7 Å². The topological polar surface area (TPSA) is 88.4 Å². The Morgan fingerprint density at radius 2 is 1.45 bits per heavy atom. The van der Waals surface area contributed by atoms with Gasteiger partial charge in [0.1, 0.15) is 6.79 Å². The van der Waals surface area contributed by atoms with Crippen LogP contribution in [0.4, 0.5) is 0 Å². The van der Waals surface area contributed by atoms with Crippen LogP contribution in [0, 0.1) is 0 Å². The van der Waals surface area contributed by atoms with Gasteiger partial charge in [0, 0.05) is 13.7 Å². The number of ether oxygens (including phenoxy) is 3. The lowest BCUT2D eigenvalue weighted by Crippen LogP contribution is -2.45. The Bertz CT molecular complexity index is 421. The van der Waals surface area contributed by atoms with E-state index in [1.54, 1.807) is 7.11 Å². The normalized spacial score (nSPS) is 23.0. The minimum absolute atomic E-state index is 0.0203. The highest BCUT2D eigenvalue weighted by Gasteiger charge is 2.34. The first-order valence-electron chi connectivity index (χ1n) is 13.8. The van der Waals surface area contributed by atoms with E-state index in [2.05, 4.69) is 6.92 Å². The predicted molar refractivity (Wildman–Crippen MR) is 133 cm³/mol. The van der Waals surface area contributed by atoms with Crippen LogP contribution in [0.15, 0.2) is 0 Å². The van der Waals surface area contributed by atoms with Crippen molar-refractivity contribution < 1.29 is 29.5 Å². The van der Waals surface area contributed by atoms with E-state index in [0.717, 1.165) is 38.5 Å². The summed E-state index contributed by atoms with van der Waals surface area (Å²) in [6.07, 6.45) is 18.4. The van der Waals surface area contributed by atoms with Gasteiger partial charge in [-0.15, -0.1) is 0 Å². The quantitative estimate of drug-likeness (QED) is 0.142. The fourth-order valence-corrected chi connectivity index (χ4v) is 4.82. The predicted octanol–water partition coefficient (Wildman–Crippen LogP) is 5.50. The van der Waals surface area contributed by atoms with Gasteiger partial charge in [0.25, 0.3) is 0 Å². The fourth-order valence-electron chi connectivity index (χ4n) is 4.82. The van der Waals surface area contributed by atoms with E-state index in [1.807, 2.05) is 0 Å². The van der Waals surface area contributed by atoms with Crippen LogP contribution in [-0.4, -0.2) is 66.3 Å². The number of methoxy groups -OCH3 is 1. The van der Waals surface area contributed by atoms with Crippen LogP contribution in [0.25, 0.3) is 0 Å². The lowest BCUT2D eigenvalue weighted by Gasteiger charge is -2.38. The molecule has 1 saturated heterocycles. The molecule has 0 aliphatic carbocycles. The van der Waals surface area contributed by atoms with Crippen LogP contribution >= 0.6 is 0 Å². The van der Waals surface area contributed by atoms with Crippen molar-refractivity contribution in [1.82, 2.24) is 0 Å². The molecule has 0 saturated carbocycles. The highest BCUT2D eigenvalue weighted by molar-refractivity contribution is 4.83. The van der Waals surface area contributed by atoms with Crippen molar-refractivity contribution in [3.8, 4) is 0 Å². The first-order valence-corrected chi connectivity index (χ1v) is 13.8. The van der Waals surface area contributed by atoms with Crippen molar-refractivity contribution in [3.63, 3.8) is 0 Å². The molecule has 0 bridgehead atoms. The minimum Gasteiger partial charge on any atom is -0.396 e. The van der Waals surface area contributed by atoms with Gasteiger partial charge in [0.05, 0.1) is 30.5 Å². The molecule has 1 aliphatic heterocycles. The maximum Gasteiger partial charge on any atom is 0.146 e. The summed E-state index contributed by atoms with van der Waals surface area (Å²) in [6, 6.07) is 0. The Hall–Kier alpha value is -0.240. The van der Waals surface area contributed by atoms with E-state index >= 15 is 0 Å². The average Bonchev–Trinajstić information content (AvgIpc) is 2.82. The molecule has 0 aromatic heterocycles. The number of rotatable bonds is 22. The van der Waals surface area contributed by atoms with Crippen LogP contribution in [0.5, 0.6) is 0 Å². The zero-order valence-electron chi connectivity index (χ0n) is 21.6. The molecule has 33 heavy (non-hydrogen) atoms. The SMILES string of the molecule is CCCCCCCCCCCC[C@H]1O[C@@H]([C@H](O)CCCC[C@H](O)CCO)CC[C@H]1OCOC. The molecule has 0 radical (unpaired) electrons. The summed E-state index contributed by atoms with van der Waals surface area (Å²) in [4.78, 5) is 0. The molecule has 0 amide bonds. The maximum atomic E-state index is 10.7. The molecule has 0 unspecified atom stereocenters. The molecule has 0 aromatic rings. The Morgan fingerprint density at radius 3 is 2.09 bits per heavy atom. The van der Waals surface area contributed by atoms with Crippen LogP contribution in [-0.2, 0) is 14.2 Å². The van der Waals surface area contributed by atoms with Crippen molar-refractivity contribution in [2.75, 3.05) is 20.5 Å². The molecule has 1 heterocycles. The molecule has 1 rings (SSSR count). The van der Waals surface area contributed by atoms with Crippen LogP contribution in [0.3, 0.4) is 0 Å². The number of aliphatic hydroxyl groups is 3. The Balaban J connectivity index is 2.27. The zero-order chi connectivity index (χ0) is 24.2. The number of hydrogen-bond acceptors (Lipinski definition) is 6. The molecule has 198 valence electrons. The Kier molecular flexibility index (Phi) is 19.7. The minimum atomic E-state index is -0.474. The van der Waals surface area contributed by atoms with Gasteiger partial charge in [-0.2, -0.15) is 0 Å². The smallest absolute Gasteiger partial charge is 0.146 e. The van der Waals surface area contributed by atoms with E-state index in [1.165, 1.54) is 57.8 Å². The second-order valence-corrected chi connectivity index (χ2v) is 9.89. The third-order valence-electron chi connectivity index (χ3n) is 6.92. The summed E-state index contributed by atoms with van der Waals surface area (Å²) < 4.78 is 17.3. The van der Waals surface area contributed by atoms with Crippen molar-refractivity contribution in [1.29, 1.82) is 0 Å². The van der Waals surface area contributed by atoms with Gasteiger partial charge in [-0.1, -0.05) is 84.0 Å². The fraction of sp³-hybridized carbons (Fsp3) is 1.00. The van der Waals surface area contributed by atoms with Crippen molar-refractivity contribution in [2.24, 2.45) is 0 Å². The first kappa shape index (κ1) is 30.8. The second-order valence-electron chi connectivity index (χ2n) is 9.89. The van der Waals surface area contributed by atoms with E-state index < -0.39 is 12.2 Å². The largest absolute Gasteiger partial charge is 0.396 e. The third kappa shape index (κ3) is 15.4. The summed E-state index contributed by atoms with van der Waals surface area (Å²) in [7, 11) is 1.64. The molecule has 1 fully saturated rings. The van der Waals surface area contributed by atoms with Gasteiger partial charge < -0.3 is 29.5 Å². The third-order valence-corrected chi connectivity index (χ3v) is 6.92. The average molecular weight is 475 g/mol. The monoisotopic (exact) mass is 474 g/mol. The van der Waals surface area contributed by atoms with Crippen LogP contribution < -0.4 is 0 Å². The highest BCUT2D eigenvalue weighted by atomic mass is 16.7. The summed E-state index contributed by atoms with van der Waals surface area (Å²) in [5, 5.41) is 29.3. The number of aliphatic hydroxyl groups excluding tert-OH is 3. The Labute approximate surface area is 203 Å². The lowest BCUT2D eigenvalue weighted by molar-refractivity contribution is -0.192. The lowest BCUT2D eigenvalue weighted by atomic mass is 9.92. The first-order chi connectivity index (χ1) is 16.1. The molecular weight excluding hydrogens is 420 g/mol. The van der Waals surface area contributed by atoms with Crippen molar-refractivity contribution >= 4 is 0 Å². The van der Waals surface area contributed by atoms with Gasteiger partial charge in [-0.25, -0.2) is 0 Å². The molecule has 0 aromatic carbocycles. The molecule has 0 spiro atoms. The van der Waals surface area contributed by atoms with Crippen molar-refractivity contribution in [2.45, 2.75) is 153 Å². The molecule has 5 atom stereocenters. The molecule has 6 heteroatoms. The van der Waals surface area contributed by atoms with E-state index in [9.17, 15) is 10.2 Å². The molecule has 1 aliphatic rings. The summed E-state index contributed by atoms with van der Waals surface area (Å²) >= 11 is 0. The Morgan fingerprint density at radius 1 is 0.818 bits per heavy atom. The number of hydrogen-bond donors (Lipinski definition) is 3. The van der Waals surface area contributed by atoms with E-state index in [0.29, 0.717) is 19.3 Å². The van der Waals surface area contributed by atoms with Crippen molar-refractivity contribution in [3.05, 3.63) is 0 Å². The second kappa shape index (κ2) is 21.1. The zero-order valence-corrected chi connectivity index (χ0v) is 21.6. The van der Waals surface area contributed by atoms with Gasteiger partial charge in [-0.3, -0.25) is 0 Å². The summed E-state index contributed by atoms with van der Waals surface area (Å²) in [6.45, 7) is 2.57. The molecule has 3 N–H and O–H groups in total. The van der Waals surface area contributed by atoms with Crippen LogP contribution in [0.1, 0.15) is 122 Å². The maximum absolute atomic E-state index is 10.7. The molecule has 6 nitrogen and oxygen atoms in total.